The van der Waals surface area contributed by atoms with E-state index < -0.39 is 0 Å². The van der Waals surface area contributed by atoms with Gasteiger partial charge in [-0.05, 0) is 35.9 Å². The lowest BCUT2D eigenvalue weighted by atomic mass is 10.2. The SMILES string of the molecule is Oc1ccc(CNc2ccc(Br)cc2Cl)cc1O. The van der Waals surface area contributed by atoms with Gasteiger partial charge in [-0.1, -0.05) is 33.6 Å². The Hall–Kier alpha value is -1.39. The van der Waals surface area contributed by atoms with E-state index in [9.17, 15) is 10.2 Å². The van der Waals surface area contributed by atoms with E-state index in [1.807, 2.05) is 12.1 Å². The van der Waals surface area contributed by atoms with Gasteiger partial charge < -0.3 is 15.5 Å². The van der Waals surface area contributed by atoms with E-state index in [1.54, 1.807) is 12.1 Å². The normalized spacial score (nSPS) is 10.3. The highest BCUT2D eigenvalue weighted by Gasteiger charge is 2.03. The Labute approximate surface area is 118 Å². The minimum atomic E-state index is -0.129. The number of phenols is 2. The van der Waals surface area contributed by atoms with Gasteiger partial charge in [0.1, 0.15) is 0 Å². The molecule has 0 aliphatic carbocycles. The van der Waals surface area contributed by atoms with Gasteiger partial charge in [0.2, 0.25) is 0 Å². The predicted molar refractivity (Wildman–Crippen MR) is 76.3 cm³/mol. The molecule has 3 N–H and O–H groups in total. The maximum atomic E-state index is 9.38. The average Bonchev–Trinajstić information content (AvgIpc) is 2.32. The third-order valence-electron chi connectivity index (χ3n) is 2.45. The van der Waals surface area contributed by atoms with E-state index in [0.717, 1.165) is 15.7 Å². The molecule has 5 heteroatoms. The second kappa shape index (κ2) is 5.50. The predicted octanol–water partition coefficient (Wildman–Crippen LogP) is 4.13. The van der Waals surface area contributed by atoms with E-state index in [-0.39, 0.29) is 11.5 Å². The van der Waals surface area contributed by atoms with Gasteiger partial charge in [0.25, 0.3) is 0 Å². The number of anilines is 1. The summed E-state index contributed by atoms with van der Waals surface area (Å²) in [6.45, 7) is 0.509. The van der Waals surface area contributed by atoms with E-state index >= 15 is 0 Å². The van der Waals surface area contributed by atoms with Crippen LogP contribution >= 0.6 is 27.5 Å². The van der Waals surface area contributed by atoms with Gasteiger partial charge in [-0.25, -0.2) is 0 Å². The molecule has 94 valence electrons. The standard InChI is InChI=1S/C13H11BrClNO2/c14-9-2-3-11(10(15)6-9)16-7-8-1-4-12(17)13(18)5-8/h1-6,16-18H,7H2. The van der Waals surface area contributed by atoms with Crippen molar-refractivity contribution in [1.29, 1.82) is 0 Å². The van der Waals surface area contributed by atoms with Crippen molar-refractivity contribution in [2.45, 2.75) is 6.54 Å². The Morgan fingerprint density at radius 2 is 1.83 bits per heavy atom. The maximum absolute atomic E-state index is 9.38. The molecule has 0 unspecified atom stereocenters. The number of benzene rings is 2. The van der Waals surface area contributed by atoms with Crippen LogP contribution in [0.3, 0.4) is 0 Å². The van der Waals surface area contributed by atoms with Crippen molar-refractivity contribution in [2.24, 2.45) is 0 Å². The van der Waals surface area contributed by atoms with E-state index in [0.29, 0.717) is 11.6 Å². The van der Waals surface area contributed by atoms with Crippen molar-refractivity contribution in [2.75, 3.05) is 5.32 Å². The van der Waals surface area contributed by atoms with Gasteiger partial charge >= 0.3 is 0 Å². The molecule has 0 saturated carbocycles. The molecule has 0 heterocycles. The third kappa shape index (κ3) is 3.09. The fourth-order valence-electron chi connectivity index (χ4n) is 1.51. The zero-order valence-electron chi connectivity index (χ0n) is 9.32. The smallest absolute Gasteiger partial charge is 0.157 e. The monoisotopic (exact) mass is 327 g/mol. The molecule has 0 aromatic heterocycles. The minimum absolute atomic E-state index is 0.125. The summed E-state index contributed by atoms with van der Waals surface area (Å²) in [6, 6.07) is 10.3. The fraction of sp³-hybridized carbons (Fsp3) is 0.0769. The van der Waals surface area contributed by atoms with Gasteiger partial charge in [0, 0.05) is 11.0 Å². The van der Waals surface area contributed by atoms with Crippen LogP contribution in [0.15, 0.2) is 40.9 Å². The topological polar surface area (TPSA) is 52.5 Å². The largest absolute Gasteiger partial charge is 0.504 e. The summed E-state index contributed by atoms with van der Waals surface area (Å²) in [5.41, 5.74) is 1.66. The maximum Gasteiger partial charge on any atom is 0.157 e. The molecule has 3 nitrogen and oxygen atoms in total. The van der Waals surface area contributed by atoms with Crippen LogP contribution in [0.1, 0.15) is 5.56 Å². The van der Waals surface area contributed by atoms with Crippen LogP contribution in [0, 0.1) is 0 Å². The Bertz CT molecular complexity index is 575. The van der Waals surface area contributed by atoms with Crippen LogP contribution in [0.4, 0.5) is 5.69 Å². The molecule has 2 rings (SSSR count). The van der Waals surface area contributed by atoms with Gasteiger partial charge in [0.15, 0.2) is 11.5 Å². The van der Waals surface area contributed by atoms with Crippen LogP contribution in [-0.2, 0) is 6.54 Å². The van der Waals surface area contributed by atoms with E-state index in [4.69, 9.17) is 11.6 Å². The van der Waals surface area contributed by atoms with Gasteiger partial charge in [-0.2, -0.15) is 0 Å². The molecule has 0 aliphatic rings. The van der Waals surface area contributed by atoms with Crippen LogP contribution < -0.4 is 5.32 Å². The van der Waals surface area contributed by atoms with Gasteiger partial charge in [-0.3, -0.25) is 0 Å². The molecule has 0 atom stereocenters. The molecule has 0 bridgehead atoms. The van der Waals surface area contributed by atoms with Gasteiger partial charge in [0.05, 0.1) is 10.7 Å². The molecule has 0 fully saturated rings. The van der Waals surface area contributed by atoms with Crippen LogP contribution in [0.2, 0.25) is 5.02 Å². The van der Waals surface area contributed by atoms with Crippen LogP contribution in [-0.4, -0.2) is 10.2 Å². The van der Waals surface area contributed by atoms with Gasteiger partial charge in [-0.15, -0.1) is 0 Å². The van der Waals surface area contributed by atoms with Crippen LogP contribution in [0.25, 0.3) is 0 Å². The zero-order chi connectivity index (χ0) is 13.1. The van der Waals surface area contributed by atoms with E-state index in [1.165, 1.54) is 12.1 Å². The van der Waals surface area contributed by atoms with Crippen LogP contribution in [0.5, 0.6) is 11.5 Å². The highest BCUT2D eigenvalue weighted by molar-refractivity contribution is 9.10. The Balaban J connectivity index is 2.09. The number of hydrogen-bond acceptors (Lipinski definition) is 3. The van der Waals surface area contributed by atoms with Crippen molar-refractivity contribution in [3.63, 3.8) is 0 Å². The molecule has 0 aliphatic heterocycles. The van der Waals surface area contributed by atoms with Crippen molar-refractivity contribution in [1.82, 2.24) is 0 Å². The first-order valence-corrected chi connectivity index (χ1v) is 6.43. The Morgan fingerprint density at radius 3 is 2.50 bits per heavy atom. The van der Waals surface area contributed by atoms with E-state index in [2.05, 4.69) is 21.2 Å². The van der Waals surface area contributed by atoms with Crippen molar-refractivity contribution in [3.8, 4) is 11.5 Å². The second-order valence-corrected chi connectivity index (χ2v) is 5.12. The summed E-state index contributed by atoms with van der Waals surface area (Å²) in [7, 11) is 0. The number of nitrogens with one attached hydrogen (secondary N) is 1. The van der Waals surface area contributed by atoms with Crippen molar-refractivity contribution >= 4 is 33.2 Å². The van der Waals surface area contributed by atoms with Crippen molar-refractivity contribution in [3.05, 3.63) is 51.5 Å². The highest BCUT2D eigenvalue weighted by atomic mass is 79.9. The summed E-state index contributed by atoms with van der Waals surface area (Å²) in [5, 5.41) is 22.4. The fourth-order valence-corrected chi connectivity index (χ4v) is 2.25. The van der Waals surface area contributed by atoms with Crippen molar-refractivity contribution < 1.29 is 10.2 Å². The molecule has 18 heavy (non-hydrogen) atoms. The first-order chi connectivity index (χ1) is 8.56. The first-order valence-electron chi connectivity index (χ1n) is 5.26. The summed E-state index contributed by atoms with van der Waals surface area (Å²) in [6.07, 6.45) is 0. The highest BCUT2D eigenvalue weighted by Crippen LogP contribution is 2.28. The summed E-state index contributed by atoms with van der Waals surface area (Å²) < 4.78 is 0.917. The molecule has 0 saturated heterocycles. The molecule has 2 aromatic carbocycles. The lowest BCUT2D eigenvalue weighted by Gasteiger charge is -2.09. The lowest BCUT2D eigenvalue weighted by Crippen LogP contribution is -1.99. The first kappa shape index (κ1) is 13.1. The molecule has 0 amide bonds. The lowest BCUT2D eigenvalue weighted by molar-refractivity contribution is 0.403. The average molecular weight is 329 g/mol. The third-order valence-corrected chi connectivity index (χ3v) is 3.26. The molecule has 0 radical (unpaired) electrons. The number of aromatic hydroxyl groups is 2. The Kier molecular flexibility index (Phi) is 3.99. The molecule has 0 spiro atoms. The molecule has 2 aromatic rings. The minimum Gasteiger partial charge on any atom is -0.504 e. The number of hydrogen-bond donors (Lipinski definition) is 3. The number of halogens is 2. The molecular weight excluding hydrogens is 318 g/mol. The summed E-state index contributed by atoms with van der Waals surface area (Å²) in [5.74, 6) is -0.253. The number of rotatable bonds is 3. The summed E-state index contributed by atoms with van der Waals surface area (Å²) >= 11 is 9.41. The summed E-state index contributed by atoms with van der Waals surface area (Å²) in [4.78, 5) is 0. The Morgan fingerprint density at radius 1 is 1.06 bits per heavy atom. The molecular formula is C13H11BrClNO2. The second-order valence-electron chi connectivity index (χ2n) is 3.80. The number of phenolic OH excluding ortho intramolecular Hbond substituents is 2. The zero-order valence-corrected chi connectivity index (χ0v) is 11.7. The quantitative estimate of drug-likeness (QED) is 0.743.